The average Bonchev–Trinajstić information content (AvgIpc) is 2.88. The number of carbonyl (C=O) groups is 1. The van der Waals surface area contributed by atoms with E-state index in [0.717, 1.165) is 5.69 Å². The summed E-state index contributed by atoms with van der Waals surface area (Å²) in [6.07, 6.45) is 0. The fourth-order valence-electron chi connectivity index (χ4n) is 1.79. The van der Waals surface area contributed by atoms with Crippen LogP contribution < -0.4 is 5.32 Å². The van der Waals surface area contributed by atoms with Gasteiger partial charge in [-0.05, 0) is 43.2 Å². The molecule has 2 rings (SSSR count). The zero-order valence-electron chi connectivity index (χ0n) is 11.3. The van der Waals surface area contributed by atoms with Crippen molar-refractivity contribution in [2.45, 2.75) is 20.4 Å². The molecule has 19 heavy (non-hydrogen) atoms. The van der Waals surface area contributed by atoms with Crippen LogP contribution in [0.1, 0.15) is 27.4 Å². The fourth-order valence-corrected chi connectivity index (χ4v) is 1.79. The number of ether oxygens (including phenoxy) is 1. The Kier molecular flexibility index (Phi) is 3.90. The van der Waals surface area contributed by atoms with Crippen molar-refractivity contribution >= 4 is 11.7 Å². The van der Waals surface area contributed by atoms with Gasteiger partial charge in [0.05, 0.1) is 13.7 Å². The highest BCUT2D eigenvalue weighted by Crippen LogP contribution is 2.18. The van der Waals surface area contributed by atoms with Gasteiger partial charge in [0.2, 0.25) is 5.76 Å². The molecule has 0 atom stereocenters. The number of aryl methyl sites for hydroxylation is 2. The van der Waals surface area contributed by atoms with Crippen molar-refractivity contribution in [3.05, 3.63) is 53.0 Å². The fraction of sp³-hybridized carbons (Fsp3) is 0.267. The highest BCUT2D eigenvalue weighted by atomic mass is 16.5. The molecule has 0 aliphatic rings. The van der Waals surface area contributed by atoms with E-state index in [4.69, 9.17) is 4.42 Å². The maximum absolute atomic E-state index is 11.3. The van der Waals surface area contributed by atoms with Gasteiger partial charge in [-0.2, -0.15) is 0 Å². The van der Waals surface area contributed by atoms with Gasteiger partial charge in [-0.3, -0.25) is 0 Å². The topological polar surface area (TPSA) is 51.5 Å². The quantitative estimate of drug-likeness (QED) is 0.856. The van der Waals surface area contributed by atoms with Gasteiger partial charge in [-0.25, -0.2) is 4.79 Å². The average molecular weight is 259 g/mol. The minimum absolute atomic E-state index is 0.222. The molecule has 0 fully saturated rings. The summed E-state index contributed by atoms with van der Waals surface area (Å²) in [7, 11) is 1.33. The van der Waals surface area contributed by atoms with Crippen LogP contribution in [0.3, 0.4) is 0 Å². The number of hydrogen-bond donors (Lipinski definition) is 1. The number of benzene rings is 1. The maximum atomic E-state index is 11.3. The van der Waals surface area contributed by atoms with Gasteiger partial charge in [-0.1, -0.05) is 12.1 Å². The molecule has 0 unspecified atom stereocenters. The zero-order valence-corrected chi connectivity index (χ0v) is 11.3. The van der Waals surface area contributed by atoms with Crippen LogP contribution in [0.15, 0.2) is 34.7 Å². The number of anilines is 1. The van der Waals surface area contributed by atoms with Crippen LogP contribution in [0.25, 0.3) is 0 Å². The second-order valence-corrected chi connectivity index (χ2v) is 4.43. The summed E-state index contributed by atoms with van der Waals surface area (Å²) in [5.41, 5.74) is 3.43. The SMILES string of the molecule is COC(=O)c1ccc(CNc2cc(C)ccc2C)o1. The number of carbonyl (C=O) groups excluding carboxylic acids is 1. The standard InChI is InChI=1S/C15H17NO3/c1-10-4-5-11(2)13(8-10)16-9-12-6-7-14(19-12)15(17)18-3/h4-8,16H,9H2,1-3H3. The largest absolute Gasteiger partial charge is 0.463 e. The van der Waals surface area contributed by atoms with Crippen molar-refractivity contribution in [3.63, 3.8) is 0 Å². The van der Waals surface area contributed by atoms with Gasteiger partial charge < -0.3 is 14.5 Å². The van der Waals surface area contributed by atoms with Crippen LogP contribution in [0.4, 0.5) is 5.69 Å². The smallest absolute Gasteiger partial charge is 0.373 e. The summed E-state index contributed by atoms with van der Waals surface area (Å²) >= 11 is 0. The Labute approximate surface area is 112 Å². The molecule has 0 bridgehead atoms. The molecule has 0 spiro atoms. The van der Waals surface area contributed by atoms with Gasteiger partial charge in [-0.15, -0.1) is 0 Å². The summed E-state index contributed by atoms with van der Waals surface area (Å²) in [4.78, 5) is 11.3. The van der Waals surface area contributed by atoms with Crippen molar-refractivity contribution in [3.8, 4) is 0 Å². The molecule has 0 saturated heterocycles. The normalized spacial score (nSPS) is 10.3. The van der Waals surface area contributed by atoms with E-state index >= 15 is 0 Å². The predicted molar refractivity (Wildman–Crippen MR) is 73.3 cm³/mol. The Morgan fingerprint density at radius 3 is 2.79 bits per heavy atom. The van der Waals surface area contributed by atoms with Crippen molar-refractivity contribution in [2.24, 2.45) is 0 Å². The molecule has 0 saturated carbocycles. The molecule has 2 aromatic rings. The third kappa shape index (κ3) is 3.16. The van der Waals surface area contributed by atoms with Crippen LogP contribution >= 0.6 is 0 Å². The van der Waals surface area contributed by atoms with Crippen LogP contribution in [-0.4, -0.2) is 13.1 Å². The van der Waals surface area contributed by atoms with E-state index in [9.17, 15) is 4.79 Å². The van der Waals surface area contributed by atoms with E-state index in [-0.39, 0.29) is 5.76 Å². The first kappa shape index (κ1) is 13.2. The van der Waals surface area contributed by atoms with Gasteiger partial charge in [0.1, 0.15) is 5.76 Å². The lowest BCUT2D eigenvalue weighted by atomic mass is 10.1. The molecular formula is C15H17NO3. The molecule has 0 radical (unpaired) electrons. The number of nitrogens with one attached hydrogen (secondary N) is 1. The first-order valence-corrected chi connectivity index (χ1v) is 6.08. The van der Waals surface area contributed by atoms with Gasteiger partial charge in [0, 0.05) is 5.69 Å². The molecule has 100 valence electrons. The third-order valence-corrected chi connectivity index (χ3v) is 2.89. The first-order valence-electron chi connectivity index (χ1n) is 6.08. The molecule has 0 amide bonds. The monoisotopic (exact) mass is 259 g/mol. The lowest BCUT2D eigenvalue weighted by Crippen LogP contribution is -2.01. The Hall–Kier alpha value is -2.23. The third-order valence-electron chi connectivity index (χ3n) is 2.89. The molecule has 1 heterocycles. The second kappa shape index (κ2) is 5.61. The predicted octanol–water partition coefficient (Wildman–Crippen LogP) is 3.30. The van der Waals surface area contributed by atoms with Crippen molar-refractivity contribution in [1.82, 2.24) is 0 Å². The highest BCUT2D eigenvalue weighted by molar-refractivity contribution is 5.86. The molecule has 4 nitrogen and oxygen atoms in total. The molecular weight excluding hydrogens is 242 g/mol. The molecule has 0 aliphatic carbocycles. The van der Waals surface area contributed by atoms with Gasteiger partial charge in [0.15, 0.2) is 0 Å². The number of furan rings is 1. The van der Waals surface area contributed by atoms with E-state index in [1.165, 1.54) is 18.2 Å². The Bertz CT molecular complexity index is 587. The second-order valence-electron chi connectivity index (χ2n) is 4.43. The van der Waals surface area contributed by atoms with Crippen LogP contribution in [0.5, 0.6) is 0 Å². The highest BCUT2D eigenvalue weighted by Gasteiger charge is 2.10. The van der Waals surface area contributed by atoms with E-state index < -0.39 is 5.97 Å². The Morgan fingerprint density at radius 2 is 2.05 bits per heavy atom. The Morgan fingerprint density at radius 1 is 1.26 bits per heavy atom. The summed E-state index contributed by atoms with van der Waals surface area (Å²) < 4.78 is 9.99. The summed E-state index contributed by atoms with van der Waals surface area (Å²) in [6, 6.07) is 9.61. The summed E-state index contributed by atoms with van der Waals surface area (Å²) in [5, 5.41) is 3.29. The molecule has 1 N–H and O–H groups in total. The molecule has 0 aliphatic heterocycles. The molecule has 1 aromatic heterocycles. The van der Waals surface area contributed by atoms with Crippen LogP contribution in [-0.2, 0) is 11.3 Å². The summed E-state index contributed by atoms with van der Waals surface area (Å²) in [6.45, 7) is 4.62. The van der Waals surface area contributed by atoms with Gasteiger partial charge in [0.25, 0.3) is 0 Å². The molecule has 4 heteroatoms. The maximum Gasteiger partial charge on any atom is 0.373 e. The van der Waals surface area contributed by atoms with E-state index in [1.807, 2.05) is 13.8 Å². The number of esters is 1. The first-order chi connectivity index (χ1) is 9.10. The minimum Gasteiger partial charge on any atom is -0.463 e. The minimum atomic E-state index is -0.460. The lowest BCUT2D eigenvalue weighted by Gasteiger charge is -2.09. The van der Waals surface area contributed by atoms with Crippen LogP contribution in [0, 0.1) is 13.8 Å². The van der Waals surface area contributed by atoms with E-state index in [1.54, 1.807) is 12.1 Å². The number of methoxy groups -OCH3 is 1. The van der Waals surface area contributed by atoms with Crippen molar-refractivity contribution < 1.29 is 13.9 Å². The molecule has 1 aromatic carbocycles. The zero-order chi connectivity index (χ0) is 13.8. The Balaban J connectivity index is 2.04. The number of rotatable bonds is 4. The van der Waals surface area contributed by atoms with Gasteiger partial charge >= 0.3 is 5.97 Å². The van der Waals surface area contributed by atoms with E-state index in [2.05, 4.69) is 28.3 Å². The number of hydrogen-bond acceptors (Lipinski definition) is 4. The van der Waals surface area contributed by atoms with E-state index in [0.29, 0.717) is 12.3 Å². The lowest BCUT2D eigenvalue weighted by molar-refractivity contribution is 0.0563. The van der Waals surface area contributed by atoms with Crippen molar-refractivity contribution in [2.75, 3.05) is 12.4 Å². The van der Waals surface area contributed by atoms with Crippen LogP contribution in [0.2, 0.25) is 0 Å². The van der Waals surface area contributed by atoms with Crippen molar-refractivity contribution in [1.29, 1.82) is 0 Å². The summed E-state index contributed by atoms with van der Waals surface area (Å²) in [5.74, 6) is 0.458.